The van der Waals surface area contributed by atoms with Crippen LogP contribution in [0.1, 0.15) is 0 Å². The first-order chi connectivity index (χ1) is 3.71. The van der Waals surface area contributed by atoms with E-state index in [9.17, 15) is 12.6 Å². The monoisotopic (exact) mass is 191 g/mol. The van der Waals surface area contributed by atoms with E-state index in [0.29, 0.717) is 0 Å². The maximum absolute atomic E-state index is 10.6. The van der Waals surface area contributed by atoms with Gasteiger partial charge in [0.05, 0.1) is 9.73 Å². The van der Waals surface area contributed by atoms with Crippen molar-refractivity contribution in [1.29, 1.82) is 0 Å². The number of nitrogens with zero attached hydrogens (tertiary/aromatic N) is 1. The lowest BCUT2D eigenvalue weighted by molar-refractivity contribution is 0.611. The summed E-state index contributed by atoms with van der Waals surface area (Å²) in [6.07, 6.45) is 2.37. The van der Waals surface area contributed by atoms with Crippen LogP contribution in [-0.4, -0.2) is 25.1 Å². The largest absolute Gasteiger partial charge is 0.347 e. The molecule has 0 rings (SSSR count). The molecule has 0 aromatic rings. The third-order valence-electron chi connectivity index (χ3n) is 0.269. The van der Waals surface area contributed by atoms with Crippen molar-refractivity contribution in [1.82, 2.24) is 0 Å². The van der Waals surface area contributed by atoms with Gasteiger partial charge in [0, 0.05) is 23.2 Å². The van der Waals surface area contributed by atoms with Crippen molar-refractivity contribution in [2.24, 2.45) is 3.77 Å². The van der Waals surface area contributed by atoms with E-state index in [1.807, 2.05) is 0 Å². The molecule has 0 aromatic heterocycles. The highest BCUT2D eigenvalue weighted by Crippen LogP contribution is 2.00. The maximum Gasteiger partial charge on any atom is 0.347 e. The van der Waals surface area contributed by atoms with Gasteiger partial charge in [0.2, 0.25) is 0 Å². The summed E-state index contributed by atoms with van der Waals surface area (Å²) in [6.45, 7) is 0. The molecule has 9 heavy (non-hydrogen) atoms. The average molecular weight is 192 g/mol. The molecule has 0 aliphatic rings. The first kappa shape index (κ1) is 9.19. The van der Waals surface area contributed by atoms with Crippen LogP contribution in [0, 0.1) is 0 Å². The van der Waals surface area contributed by atoms with Gasteiger partial charge in [0.25, 0.3) is 0 Å². The van der Waals surface area contributed by atoms with Gasteiger partial charge in [0.1, 0.15) is 0 Å². The molecule has 0 saturated carbocycles. The Hall–Kier alpha value is 0.190. The van der Waals surface area contributed by atoms with Crippen LogP contribution in [0.25, 0.3) is 0 Å². The third kappa shape index (κ3) is 8.19. The molecule has 0 aromatic carbocycles. The molecule has 4 nitrogen and oxygen atoms in total. The zero-order valence-corrected chi connectivity index (χ0v) is 7.26. The Labute approximate surface area is 59.0 Å². The smallest absolute Gasteiger partial charge is 0.249 e. The van der Waals surface area contributed by atoms with Crippen LogP contribution in [0.2, 0.25) is 0 Å². The Bertz CT molecular complexity index is 288. The van der Waals surface area contributed by atoms with Crippen molar-refractivity contribution in [3.05, 3.63) is 0 Å². The first-order valence-corrected chi connectivity index (χ1v) is 6.43. The van der Waals surface area contributed by atoms with E-state index < -0.39 is 19.0 Å². The second-order valence-corrected chi connectivity index (χ2v) is 6.62. The van der Waals surface area contributed by atoms with Crippen LogP contribution in [0.3, 0.4) is 0 Å². The van der Waals surface area contributed by atoms with Crippen LogP contribution in [0.15, 0.2) is 3.77 Å². The maximum atomic E-state index is 10.6. The van der Waals surface area contributed by atoms with E-state index in [1.54, 1.807) is 0 Å². The molecule has 0 saturated heterocycles. The molecule has 0 aliphatic carbocycles. The summed E-state index contributed by atoms with van der Waals surface area (Å²) in [4.78, 5) is 0. The lowest BCUT2D eigenvalue weighted by Crippen LogP contribution is -1.94. The van der Waals surface area contributed by atoms with Crippen LogP contribution in [-0.2, 0) is 19.0 Å². The van der Waals surface area contributed by atoms with E-state index in [0.717, 1.165) is 0 Å². The zero-order chi connectivity index (χ0) is 7.71. The molecule has 0 fully saturated rings. The normalized spacial score (nSPS) is 13.2. The Morgan fingerprint density at radius 3 is 1.56 bits per heavy atom. The van der Waals surface area contributed by atoms with Gasteiger partial charge >= 0.3 is 9.24 Å². The van der Waals surface area contributed by atoms with Crippen LogP contribution in [0.4, 0.5) is 0 Å². The molecule has 0 radical (unpaired) electrons. The SMILES string of the molecule is CS(C)(=O)=NS(=O)(=O)Cl. The Morgan fingerprint density at radius 2 is 1.56 bits per heavy atom. The number of hydrogen-bond donors (Lipinski definition) is 0. The van der Waals surface area contributed by atoms with E-state index in [2.05, 4.69) is 14.5 Å². The molecule has 0 atom stereocenters. The highest BCUT2D eigenvalue weighted by Gasteiger charge is 2.02. The topological polar surface area (TPSA) is 63.6 Å². The van der Waals surface area contributed by atoms with E-state index in [4.69, 9.17) is 0 Å². The molecule has 0 bridgehead atoms. The summed E-state index contributed by atoms with van der Waals surface area (Å²) >= 11 is 0. The van der Waals surface area contributed by atoms with Crippen molar-refractivity contribution in [3.63, 3.8) is 0 Å². The molecule has 0 aliphatic heterocycles. The summed E-state index contributed by atoms with van der Waals surface area (Å²) < 4.78 is 33.5. The Morgan fingerprint density at radius 1 is 1.22 bits per heavy atom. The molecular weight excluding hydrogens is 186 g/mol. The van der Waals surface area contributed by atoms with E-state index in [1.165, 1.54) is 12.5 Å². The molecular formula is C2H6ClNO3S2. The van der Waals surface area contributed by atoms with Gasteiger partial charge in [-0.05, 0) is 0 Å². The minimum Gasteiger partial charge on any atom is -0.249 e. The van der Waals surface area contributed by atoms with E-state index in [-0.39, 0.29) is 0 Å². The summed E-state index contributed by atoms with van der Waals surface area (Å²) in [5.41, 5.74) is 0. The molecule has 0 N–H and O–H groups in total. The van der Waals surface area contributed by atoms with Gasteiger partial charge in [-0.15, -0.1) is 0 Å². The van der Waals surface area contributed by atoms with Crippen molar-refractivity contribution in [3.8, 4) is 0 Å². The Balaban J connectivity index is 5.01. The number of halogens is 1. The van der Waals surface area contributed by atoms with Crippen molar-refractivity contribution >= 4 is 29.6 Å². The quantitative estimate of drug-likeness (QED) is 0.557. The number of rotatable bonds is 1. The van der Waals surface area contributed by atoms with Crippen molar-refractivity contribution in [2.75, 3.05) is 12.5 Å². The van der Waals surface area contributed by atoms with Gasteiger partial charge in [-0.1, -0.05) is 3.77 Å². The first-order valence-electron chi connectivity index (χ1n) is 1.84. The summed E-state index contributed by atoms with van der Waals surface area (Å²) in [6, 6.07) is 0. The van der Waals surface area contributed by atoms with Gasteiger partial charge < -0.3 is 0 Å². The molecule has 0 unspecified atom stereocenters. The predicted octanol–water partition coefficient (Wildman–Crippen LogP) is 0.198. The highest BCUT2D eigenvalue weighted by molar-refractivity contribution is 8.17. The van der Waals surface area contributed by atoms with Gasteiger partial charge in [-0.2, -0.15) is 8.42 Å². The highest BCUT2D eigenvalue weighted by atomic mass is 35.7. The summed E-state index contributed by atoms with van der Waals surface area (Å²) in [7, 11) is -1.94. The van der Waals surface area contributed by atoms with E-state index >= 15 is 0 Å². The van der Waals surface area contributed by atoms with Gasteiger partial charge in [0.15, 0.2) is 0 Å². The van der Waals surface area contributed by atoms with Crippen LogP contribution in [0.5, 0.6) is 0 Å². The minimum atomic E-state index is -3.96. The fourth-order valence-corrected chi connectivity index (χ4v) is 3.15. The molecule has 0 heterocycles. The summed E-state index contributed by atoms with van der Waals surface area (Å²) in [5.74, 6) is 0. The van der Waals surface area contributed by atoms with Crippen LogP contribution >= 0.6 is 10.7 Å². The number of hydrogen-bond acceptors (Lipinski definition) is 3. The average Bonchev–Trinajstić information content (AvgIpc) is 1.14. The van der Waals surface area contributed by atoms with Crippen molar-refractivity contribution < 1.29 is 12.6 Å². The standard InChI is InChI=1S/C2H6ClNO3S2/c1-8(2,5)4-9(3,6)7/h1-2H3. The molecule has 0 amide bonds. The lowest BCUT2D eigenvalue weighted by atomic mass is 11.9. The second kappa shape index (κ2) is 2.43. The Kier molecular flexibility index (Phi) is 2.48. The molecule has 56 valence electrons. The fraction of sp³-hybridized carbons (Fsp3) is 1.00. The lowest BCUT2D eigenvalue weighted by Gasteiger charge is -1.87. The van der Waals surface area contributed by atoms with Crippen molar-refractivity contribution in [2.45, 2.75) is 0 Å². The fourth-order valence-electron chi connectivity index (χ4n) is 0.214. The summed E-state index contributed by atoms with van der Waals surface area (Å²) in [5, 5.41) is 0. The molecule has 7 heteroatoms. The zero-order valence-electron chi connectivity index (χ0n) is 4.87. The van der Waals surface area contributed by atoms with Gasteiger partial charge in [-0.25, -0.2) is 4.21 Å². The predicted molar refractivity (Wildman–Crippen MR) is 37.2 cm³/mol. The van der Waals surface area contributed by atoms with Gasteiger partial charge in [-0.3, -0.25) is 0 Å². The third-order valence-corrected chi connectivity index (χ3v) is 2.92. The minimum absolute atomic E-state index is 1.19. The second-order valence-electron chi connectivity index (χ2n) is 1.67. The van der Waals surface area contributed by atoms with Crippen LogP contribution < -0.4 is 0 Å². The molecule has 0 spiro atoms.